The molecule has 0 unspecified atom stereocenters. The standard InChI is InChI=1S/C14H20N2OS/c1-14(2,9-15)13(17)16-11-5-6-12-10(8-11)4-3-7-18-12/h5-6,8H,3-4,7,9,15H2,1-2H3,(H,16,17). The first-order valence-electron chi connectivity index (χ1n) is 6.30. The molecule has 18 heavy (non-hydrogen) atoms. The number of rotatable bonds is 3. The molecule has 98 valence electrons. The molecule has 0 fully saturated rings. The number of hydrogen-bond donors (Lipinski definition) is 2. The first kappa shape index (κ1) is 13.4. The van der Waals surface area contributed by atoms with Crippen molar-refractivity contribution in [2.45, 2.75) is 31.6 Å². The number of benzene rings is 1. The van der Waals surface area contributed by atoms with Gasteiger partial charge in [0.15, 0.2) is 0 Å². The molecule has 0 radical (unpaired) electrons. The molecule has 0 bridgehead atoms. The lowest BCUT2D eigenvalue weighted by atomic mass is 9.92. The van der Waals surface area contributed by atoms with Crippen molar-refractivity contribution in [2.24, 2.45) is 11.1 Å². The van der Waals surface area contributed by atoms with Crippen LogP contribution in [0.25, 0.3) is 0 Å². The van der Waals surface area contributed by atoms with Gasteiger partial charge in [-0.05, 0) is 56.2 Å². The fraction of sp³-hybridized carbons (Fsp3) is 0.500. The van der Waals surface area contributed by atoms with Crippen molar-refractivity contribution in [2.75, 3.05) is 17.6 Å². The van der Waals surface area contributed by atoms with E-state index >= 15 is 0 Å². The highest BCUT2D eigenvalue weighted by molar-refractivity contribution is 7.99. The number of anilines is 1. The second-order valence-corrected chi connectivity index (χ2v) is 6.45. The second kappa shape index (κ2) is 5.33. The summed E-state index contributed by atoms with van der Waals surface area (Å²) >= 11 is 1.89. The van der Waals surface area contributed by atoms with Gasteiger partial charge in [-0.2, -0.15) is 0 Å². The largest absolute Gasteiger partial charge is 0.329 e. The zero-order valence-electron chi connectivity index (χ0n) is 11.0. The molecule has 1 amide bonds. The van der Waals surface area contributed by atoms with Crippen molar-refractivity contribution in [1.29, 1.82) is 0 Å². The van der Waals surface area contributed by atoms with Crippen LogP contribution in [-0.2, 0) is 11.2 Å². The third-order valence-corrected chi connectivity index (χ3v) is 4.49. The fourth-order valence-corrected chi connectivity index (χ4v) is 2.85. The zero-order chi connectivity index (χ0) is 13.2. The summed E-state index contributed by atoms with van der Waals surface area (Å²) in [5, 5.41) is 2.96. The number of hydrogen-bond acceptors (Lipinski definition) is 3. The first-order chi connectivity index (χ1) is 8.53. The van der Waals surface area contributed by atoms with Crippen LogP contribution in [0.4, 0.5) is 5.69 Å². The van der Waals surface area contributed by atoms with Crippen LogP contribution in [0.5, 0.6) is 0 Å². The minimum Gasteiger partial charge on any atom is -0.329 e. The lowest BCUT2D eigenvalue weighted by Gasteiger charge is -2.22. The van der Waals surface area contributed by atoms with Gasteiger partial charge < -0.3 is 11.1 Å². The van der Waals surface area contributed by atoms with Gasteiger partial charge in [0, 0.05) is 17.1 Å². The molecular weight excluding hydrogens is 244 g/mol. The van der Waals surface area contributed by atoms with E-state index in [0.29, 0.717) is 6.54 Å². The predicted molar refractivity (Wildman–Crippen MR) is 77.0 cm³/mol. The molecule has 0 atom stereocenters. The maximum absolute atomic E-state index is 12.0. The Balaban J connectivity index is 2.13. The smallest absolute Gasteiger partial charge is 0.231 e. The van der Waals surface area contributed by atoms with Gasteiger partial charge in [-0.25, -0.2) is 0 Å². The number of thioether (sulfide) groups is 1. The van der Waals surface area contributed by atoms with Crippen LogP contribution >= 0.6 is 11.8 Å². The second-order valence-electron chi connectivity index (χ2n) is 5.32. The van der Waals surface area contributed by atoms with Gasteiger partial charge in [0.25, 0.3) is 0 Å². The summed E-state index contributed by atoms with van der Waals surface area (Å²) in [6, 6.07) is 6.16. The van der Waals surface area contributed by atoms with Gasteiger partial charge in [-0.15, -0.1) is 11.8 Å². The van der Waals surface area contributed by atoms with Gasteiger partial charge >= 0.3 is 0 Å². The van der Waals surface area contributed by atoms with Crippen LogP contribution in [0.3, 0.4) is 0 Å². The van der Waals surface area contributed by atoms with E-state index in [1.54, 1.807) is 0 Å². The number of fused-ring (bicyclic) bond motifs is 1. The number of carbonyl (C=O) groups excluding carboxylic acids is 1. The maximum Gasteiger partial charge on any atom is 0.231 e. The Morgan fingerprint density at radius 1 is 1.50 bits per heavy atom. The van der Waals surface area contributed by atoms with Crippen molar-refractivity contribution < 1.29 is 4.79 Å². The Labute approximate surface area is 113 Å². The maximum atomic E-state index is 12.0. The van der Waals surface area contributed by atoms with E-state index in [1.165, 1.54) is 22.6 Å². The number of aryl methyl sites for hydroxylation is 1. The monoisotopic (exact) mass is 264 g/mol. The summed E-state index contributed by atoms with van der Waals surface area (Å²) in [7, 11) is 0. The van der Waals surface area contributed by atoms with Crippen molar-refractivity contribution in [3.63, 3.8) is 0 Å². The molecule has 3 N–H and O–H groups in total. The molecule has 0 aromatic heterocycles. The van der Waals surface area contributed by atoms with Gasteiger partial charge in [0.2, 0.25) is 5.91 Å². The summed E-state index contributed by atoms with van der Waals surface area (Å²) < 4.78 is 0. The number of nitrogens with one attached hydrogen (secondary N) is 1. The van der Waals surface area contributed by atoms with Crippen LogP contribution in [-0.4, -0.2) is 18.2 Å². The van der Waals surface area contributed by atoms with Gasteiger partial charge in [-0.3, -0.25) is 4.79 Å². The molecular formula is C14H20N2OS. The van der Waals surface area contributed by atoms with Crippen molar-refractivity contribution in [1.82, 2.24) is 0 Å². The Bertz CT molecular complexity index is 457. The molecule has 3 nitrogen and oxygen atoms in total. The Morgan fingerprint density at radius 3 is 3.00 bits per heavy atom. The normalized spacial score (nSPS) is 15.1. The van der Waals surface area contributed by atoms with Gasteiger partial charge in [0.1, 0.15) is 0 Å². The van der Waals surface area contributed by atoms with Crippen LogP contribution in [0.1, 0.15) is 25.8 Å². The molecule has 0 saturated carbocycles. The summed E-state index contributed by atoms with van der Waals surface area (Å²) in [4.78, 5) is 13.4. The molecule has 0 spiro atoms. The van der Waals surface area contributed by atoms with Crippen LogP contribution in [0.15, 0.2) is 23.1 Å². The SMILES string of the molecule is CC(C)(CN)C(=O)Nc1ccc2c(c1)CCCS2. The van der Waals surface area contributed by atoms with E-state index in [0.717, 1.165) is 12.1 Å². The Kier molecular flexibility index (Phi) is 3.97. The Hall–Kier alpha value is -1.00. The van der Waals surface area contributed by atoms with Crippen LogP contribution < -0.4 is 11.1 Å². The number of amides is 1. The molecule has 2 rings (SSSR count). The summed E-state index contributed by atoms with van der Waals surface area (Å²) in [6.45, 7) is 4.06. The molecule has 1 aromatic carbocycles. The van der Waals surface area contributed by atoms with E-state index in [4.69, 9.17) is 5.73 Å². The van der Waals surface area contributed by atoms with Gasteiger partial charge in [-0.1, -0.05) is 0 Å². The van der Waals surface area contributed by atoms with Crippen molar-refractivity contribution >= 4 is 23.4 Å². The van der Waals surface area contributed by atoms with E-state index in [9.17, 15) is 4.79 Å². The van der Waals surface area contributed by atoms with Crippen LogP contribution in [0.2, 0.25) is 0 Å². The number of carbonyl (C=O) groups is 1. The van der Waals surface area contributed by atoms with E-state index in [-0.39, 0.29) is 5.91 Å². The average molecular weight is 264 g/mol. The Morgan fingerprint density at radius 2 is 2.28 bits per heavy atom. The summed E-state index contributed by atoms with van der Waals surface area (Å²) in [5.41, 5.74) is 7.30. The fourth-order valence-electron chi connectivity index (χ4n) is 1.83. The van der Waals surface area contributed by atoms with Crippen molar-refractivity contribution in [3.05, 3.63) is 23.8 Å². The van der Waals surface area contributed by atoms with Crippen LogP contribution in [0, 0.1) is 5.41 Å². The molecule has 1 aromatic rings. The third-order valence-electron chi connectivity index (χ3n) is 3.29. The highest BCUT2D eigenvalue weighted by Gasteiger charge is 2.25. The number of nitrogens with two attached hydrogens (primary N) is 1. The predicted octanol–water partition coefficient (Wildman–Crippen LogP) is 2.65. The molecule has 1 aliphatic rings. The average Bonchev–Trinajstić information content (AvgIpc) is 2.38. The summed E-state index contributed by atoms with van der Waals surface area (Å²) in [5.74, 6) is 1.17. The molecule has 4 heteroatoms. The topological polar surface area (TPSA) is 55.1 Å². The molecule has 0 aliphatic carbocycles. The minimum atomic E-state index is -0.523. The van der Waals surface area contributed by atoms with E-state index in [2.05, 4.69) is 17.4 Å². The molecule has 1 aliphatic heterocycles. The van der Waals surface area contributed by atoms with E-state index in [1.807, 2.05) is 31.7 Å². The lowest BCUT2D eigenvalue weighted by Crippen LogP contribution is -2.37. The highest BCUT2D eigenvalue weighted by atomic mass is 32.2. The molecule has 1 heterocycles. The summed E-state index contributed by atoms with van der Waals surface area (Å²) in [6.07, 6.45) is 2.32. The van der Waals surface area contributed by atoms with Gasteiger partial charge in [0.05, 0.1) is 5.41 Å². The lowest BCUT2D eigenvalue weighted by molar-refractivity contribution is -0.123. The van der Waals surface area contributed by atoms with Crippen molar-refractivity contribution in [3.8, 4) is 0 Å². The third kappa shape index (κ3) is 2.87. The minimum absolute atomic E-state index is 0.0200. The quantitative estimate of drug-likeness (QED) is 0.882. The van der Waals surface area contributed by atoms with E-state index < -0.39 is 5.41 Å². The zero-order valence-corrected chi connectivity index (χ0v) is 11.8. The first-order valence-corrected chi connectivity index (χ1v) is 7.29. The molecule has 0 saturated heterocycles. The highest BCUT2D eigenvalue weighted by Crippen LogP contribution is 2.32.